The van der Waals surface area contributed by atoms with Gasteiger partial charge in [-0.3, -0.25) is 4.79 Å². The van der Waals surface area contributed by atoms with E-state index in [2.05, 4.69) is 0 Å². The van der Waals surface area contributed by atoms with Gasteiger partial charge in [-0.25, -0.2) is 8.42 Å². The number of likely N-dealkylation sites (tertiary alicyclic amines) is 1. The van der Waals surface area contributed by atoms with E-state index in [9.17, 15) is 13.2 Å². The van der Waals surface area contributed by atoms with Gasteiger partial charge in [0, 0.05) is 19.6 Å². The number of hydrogen-bond donors (Lipinski definition) is 0. The van der Waals surface area contributed by atoms with Crippen LogP contribution in [0.15, 0.2) is 46.0 Å². The van der Waals surface area contributed by atoms with Crippen LogP contribution in [0, 0.1) is 0 Å². The lowest BCUT2D eigenvalue weighted by molar-refractivity contribution is -0.135. The summed E-state index contributed by atoms with van der Waals surface area (Å²) in [5, 5.41) is 1.76. The van der Waals surface area contributed by atoms with Crippen molar-refractivity contribution in [3.63, 3.8) is 0 Å². The molecule has 2 aliphatic heterocycles. The van der Waals surface area contributed by atoms with Gasteiger partial charge in [-0.05, 0) is 41.8 Å². The molecular formula is C20H24N2O3S2. The molecular weight excluding hydrogens is 380 g/mol. The Kier molecular flexibility index (Phi) is 5.34. The zero-order valence-electron chi connectivity index (χ0n) is 15.2. The van der Waals surface area contributed by atoms with Gasteiger partial charge in [-0.15, -0.1) is 11.3 Å². The molecule has 0 radical (unpaired) electrons. The van der Waals surface area contributed by atoms with E-state index in [4.69, 9.17) is 0 Å². The Hall–Kier alpha value is -1.70. The molecule has 144 valence electrons. The van der Waals surface area contributed by atoms with Crippen LogP contribution >= 0.6 is 11.3 Å². The molecule has 1 saturated heterocycles. The van der Waals surface area contributed by atoms with Crippen LogP contribution in [-0.4, -0.2) is 42.7 Å². The lowest BCUT2D eigenvalue weighted by Crippen LogP contribution is -2.53. The van der Waals surface area contributed by atoms with Gasteiger partial charge in [0.25, 0.3) is 10.0 Å². The van der Waals surface area contributed by atoms with Gasteiger partial charge in [0.05, 0.1) is 0 Å². The first-order valence-electron chi connectivity index (χ1n) is 9.48. The molecule has 1 aromatic heterocycles. The first-order chi connectivity index (χ1) is 13.1. The number of hydrogen-bond acceptors (Lipinski definition) is 4. The van der Waals surface area contributed by atoms with Gasteiger partial charge in [0.1, 0.15) is 10.3 Å². The van der Waals surface area contributed by atoms with Crippen LogP contribution in [0.4, 0.5) is 0 Å². The van der Waals surface area contributed by atoms with Crippen molar-refractivity contribution in [2.45, 2.75) is 48.9 Å². The van der Waals surface area contributed by atoms with Gasteiger partial charge in [0.2, 0.25) is 5.91 Å². The molecule has 0 bridgehead atoms. The molecule has 1 atom stereocenters. The molecule has 0 unspecified atom stereocenters. The van der Waals surface area contributed by atoms with Crippen LogP contribution in [0.1, 0.15) is 36.8 Å². The first-order valence-corrected chi connectivity index (χ1v) is 11.8. The number of nitrogens with zero attached hydrogens (tertiary/aromatic N) is 2. The highest BCUT2D eigenvalue weighted by atomic mass is 32.2. The number of carbonyl (C=O) groups excluding carboxylic acids is 1. The van der Waals surface area contributed by atoms with E-state index in [0.29, 0.717) is 10.6 Å². The third kappa shape index (κ3) is 3.68. The highest BCUT2D eigenvalue weighted by Gasteiger charge is 2.41. The molecule has 7 heteroatoms. The fourth-order valence-electron chi connectivity index (χ4n) is 3.99. The van der Waals surface area contributed by atoms with E-state index in [0.717, 1.165) is 49.9 Å². The topological polar surface area (TPSA) is 57.7 Å². The summed E-state index contributed by atoms with van der Waals surface area (Å²) in [6.07, 6.45) is 4.69. The monoisotopic (exact) mass is 404 g/mol. The molecule has 5 nitrogen and oxygen atoms in total. The minimum Gasteiger partial charge on any atom is -0.341 e. The van der Waals surface area contributed by atoms with E-state index in [1.807, 2.05) is 29.2 Å². The number of benzene rings is 1. The summed E-state index contributed by atoms with van der Waals surface area (Å²) in [5.74, 6) is -0.0495. The minimum absolute atomic E-state index is 0.0495. The van der Waals surface area contributed by atoms with Crippen LogP contribution in [-0.2, 0) is 27.8 Å². The molecule has 1 amide bonds. The number of amides is 1. The second kappa shape index (κ2) is 7.73. The average Bonchev–Trinajstić information content (AvgIpc) is 3.10. The maximum absolute atomic E-state index is 13.4. The summed E-state index contributed by atoms with van der Waals surface area (Å²) >= 11 is 1.20. The van der Waals surface area contributed by atoms with Crippen molar-refractivity contribution in [2.75, 3.05) is 13.1 Å². The van der Waals surface area contributed by atoms with Crippen molar-refractivity contribution in [3.8, 4) is 0 Å². The summed E-state index contributed by atoms with van der Waals surface area (Å²) in [7, 11) is -3.70. The quantitative estimate of drug-likeness (QED) is 0.789. The molecule has 27 heavy (non-hydrogen) atoms. The predicted molar refractivity (Wildman–Crippen MR) is 106 cm³/mol. The third-order valence-electron chi connectivity index (χ3n) is 5.47. The van der Waals surface area contributed by atoms with Gasteiger partial charge in [0.15, 0.2) is 0 Å². The molecule has 0 saturated carbocycles. The van der Waals surface area contributed by atoms with E-state index in [1.165, 1.54) is 15.6 Å². The van der Waals surface area contributed by atoms with Gasteiger partial charge in [-0.1, -0.05) is 43.2 Å². The van der Waals surface area contributed by atoms with Crippen LogP contribution in [0.5, 0.6) is 0 Å². The Balaban J connectivity index is 1.70. The molecule has 4 rings (SSSR count). The normalized spacial score (nSPS) is 21.5. The molecule has 1 fully saturated rings. The van der Waals surface area contributed by atoms with Crippen molar-refractivity contribution >= 4 is 27.3 Å². The molecule has 0 N–H and O–H groups in total. The molecule has 2 aromatic rings. The molecule has 0 spiro atoms. The zero-order chi connectivity index (χ0) is 18.9. The number of sulfonamides is 1. The van der Waals surface area contributed by atoms with Crippen molar-refractivity contribution in [2.24, 2.45) is 0 Å². The average molecular weight is 405 g/mol. The fourth-order valence-corrected chi connectivity index (χ4v) is 6.67. The van der Waals surface area contributed by atoms with Crippen LogP contribution in [0.2, 0.25) is 0 Å². The Morgan fingerprint density at radius 2 is 1.67 bits per heavy atom. The number of thiophene rings is 1. The second-order valence-electron chi connectivity index (χ2n) is 7.21. The zero-order valence-corrected chi connectivity index (χ0v) is 16.8. The van der Waals surface area contributed by atoms with E-state index < -0.39 is 16.1 Å². The van der Waals surface area contributed by atoms with Gasteiger partial charge < -0.3 is 4.90 Å². The van der Waals surface area contributed by atoms with Crippen molar-refractivity contribution < 1.29 is 13.2 Å². The van der Waals surface area contributed by atoms with Gasteiger partial charge >= 0.3 is 0 Å². The van der Waals surface area contributed by atoms with Crippen LogP contribution in [0.3, 0.4) is 0 Å². The SMILES string of the molecule is O=C([C@@H]1Cc2ccccc2CN1S(=O)(=O)c1cccs1)N1CCCCCC1. The molecule has 1 aromatic carbocycles. The lowest BCUT2D eigenvalue weighted by atomic mass is 9.95. The standard InChI is InChI=1S/C20H24N2O3S2/c23-20(21-11-5-1-2-6-12-21)18-14-16-8-3-4-9-17(16)15-22(18)27(24,25)19-10-7-13-26-19/h3-4,7-10,13,18H,1-2,5-6,11-12,14-15H2/t18-/m0/s1. The third-order valence-corrected chi connectivity index (χ3v) is 8.69. The molecule has 3 heterocycles. The van der Waals surface area contributed by atoms with Crippen molar-refractivity contribution in [1.29, 1.82) is 0 Å². The molecule has 0 aliphatic carbocycles. The van der Waals surface area contributed by atoms with E-state index in [1.54, 1.807) is 17.5 Å². The Labute approximate surface area is 164 Å². The summed E-state index contributed by atoms with van der Waals surface area (Å²) in [4.78, 5) is 15.2. The largest absolute Gasteiger partial charge is 0.341 e. The van der Waals surface area contributed by atoms with Crippen LogP contribution in [0.25, 0.3) is 0 Å². The van der Waals surface area contributed by atoms with E-state index in [-0.39, 0.29) is 12.5 Å². The highest BCUT2D eigenvalue weighted by Crippen LogP contribution is 2.32. The van der Waals surface area contributed by atoms with Crippen molar-refractivity contribution in [1.82, 2.24) is 9.21 Å². The smallest absolute Gasteiger partial charge is 0.253 e. The summed E-state index contributed by atoms with van der Waals surface area (Å²) in [6, 6.07) is 10.5. The summed E-state index contributed by atoms with van der Waals surface area (Å²) < 4.78 is 28.3. The Morgan fingerprint density at radius 1 is 0.963 bits per heavy atom. The Morgan fingerprint density at radius 3 is 2.33 bits per heavy atom. The minimum atomic E-state index is -3.70. The maximum atomic E-state index is 13.4. The summed E-state index contributed by atoms with van der Waals surface area (Å²) in [5.41, 5.74) is 2.06. The maximum Gasteiger partial charge on any atom is 0.253 e. The first kappa shape index (κ1) is 18.7. The summed E-state index contributed by atoms with van der Waals surface area (Å²) in [6.45, 7) is 1.70. The fraction of sp³-hybridized carbons (Fsp3) is 0.450. The Bertz CT molecular complexity index is 901. The number of rotatable bonds is 3. The highest BCUT2D eigenvalue weighted by molar-refractivity contribution is 7.91. The van der Waals surface area contributed by atoms with Gasteiger partial charge in [-0.2, -0.15) is 4.31 Å². The van der Waals surface area contributed by atoms with Crippen LogP contribution < -0.4 is 0 Å². The predicted octanol–water partition coefficient (Wildman–Crippen LogP) is 3.27. The van der Waals surface area contributed by atoms with E-state index >= 15 is 0 Å². The number of fused-ring (bicyclic) bond motifs is 1. The molecule has 2 aliphatic rings. The lowest BCUT2D eigenvalue weighted by Gasteiger charge is -2.37. The second-order valence-corrected chi connectivity index (χ2v) is 10.3. The number of carbonyl (C=O) groups is 1. The van der Waals surface area contributed by atoms with Crippen molar-refractivity contribution in [3.05, 3.63) is 52.9 Å².